The van der Waals surface area contributed by atoms with E-state index in [-0.39, 0.29) is 5.91 Å². The first kappa shape index (κ1) is 16.4. The standard InChI is InChI=1S/C19H20ClNOS/c1-14-6-2-3-7-15(14)19(22)21-11-10-18(23-13-12-21)16-8-4-5-9-17(16)20/h2-9,18H,10-13H2,1H3. The van der Waals surface area contributed by atoms with Crippen LogP contribution in [0.2, 0.25) is 5.02 Å². The van der Waals surface area contributed by atoms with Gasteiger partial charge < -0.3 is 4.90 Å². The van der Waals surface area contributed by atoms with Gasteiger partial charge in [0.2, 0.25) is 0 Å². The number of thioether (sulfide) groups is 1. The highest BCUT2D eigenvalue weighted by atomic mass is 35.5. The molecule has 3 rings (SSSR count). The Morgan fingerprint density at radius 2 is 1.87 bits per heavy atom. The lowest BCUT2D eigenvalue weighted by atomic mass is 10.1. The normalized spacial score (nSPS) is 18.5. The highest BCUT2D eigenvalue weighted by Gasteiger charge is 2.24. The number of carbonyl (C=O) groups is 1. The van der Waals surface area contributed by atoms with Crippen molar-refractivity contribution in [1.82, 2.24) is 4.90 Å². The molecule has 4 heteroatoms. The van der Waals surface area contributed by atoms with Gasteiger partial charge in [-0.1, -0.05) is 48.0 Å². The summed E-state index contributed by atoms with van der Waals surface area (Å²) in [6.45, 7) is 3.56. The number of nitrogens with zero attached hydrogens (tertiary/aromatic N) is 1. The monoisotopic (exact) mass is 345 g/mol. The van der Waals surface area contributed by atoms with Crippen LogP contribution in [0.3, 0.4) is 0 Å². The smallest absolute Gasteiger partial charge is 0.254 e. The molecule has 0 N–H and O–H groups in total. The molecule has 1 amide bonds. The van der Waals surface area contributed by atoms with Crippen LogP contribution in [0, 0.1) is 6.92 Å². The van der Waals surface area contributed by atoms with Gasteiger partial charge >= 0.3 is 0 Å². The number of halogens is 1. The molecule has 1 unspecified atom stereocenters. The molecule has 2 aromatic carbocycles. The van der Waals surface area contributed by atoms with Gasteiger partial charge in [0, 0.05) is 34.7 Å². The fourth-order valence-electron chi connectivity index (χ4n) is 2.94. The van der Waals surface area contributed by atoms with E-state index in [2.05, 4.69) is 6.07 Å². The average molecular weight is 346 g/mol. The van der Waals surface area contributed by atoms with Gasteiger partial charge in [0.15, 0.2) is 0 Å². The van der Waals surface area contributed by atoms with Crippen LogP contribution in [0.5, 0.6) is 0 Å². The minimum atomic E-state index is 0.142. The average Bonchev–Trinajstić information content (AvgIpc) is 2.81. The maximum Gasteiger partial charge on any atom is 0.254 e. The van der Waals surface area contributed by atoms with Gasteiger partial charge in [0.05, 0.1) is 0 Å². The zero-order valence-electron chi connectivity index (χ0n) is 13.2. The fraction of sp³-hybridized carbons (Fsp3) is 0.316. The lowest BCUT2D eigenvalue weighted by Gasteiger charge is -2.21. The summed E-state index contributed by atoms with van der Waals surface area (Å²) in [5.74, 6) is 1.08. The van der Waals surface area contributed by atoms with E-state index in [1.54, 1.807) is 0 Å². The predicted molar refractivity (Wildman–Crippen MR) is 98.4 cm³/mol. The molecule has 1 heterocycles. The highest BCUT2D eigenvalue weighted by Crippen LogP contribution is 2.38. The number of rotatable bonds is 2. The van der Waals surface area contributed by atoms with Gasteiger partial charge in [-0.3, -0.25) is 4.79 Å². The maximum atomic E-state index is 12.8. The third-order valence-electron chi connectivity index (χ3n) is 4.26. The van der Waals surface area contributed by atoms with Crippen LogP contribution < -0.4 is 0 Å². The molecule has 0 bridgehead atoms. The van der Waals surface area contributed by atoms with Crippen LogP contribution in [-0.2, 0) is 0 Å². The van der Waals surface area contributed by atoms with Crippen molar-refractivity contribution in [2.75, 3.05) is 18.8 Å². The van der Waals surface area contributed by atoms with Crippen LogP contribution in [0.25, 0.3) is 0 Å². The second-order valence-electron chi connectivity index (χ2n) is 5.78. The molecule has 0 aliphatic carbocycles. The zero-order valence-corrected chi connectivity index (χ0v) is 14.7. The molecule has 1 atom stereocenters. The third kappa shape index (κ3) is 3.73. The number of amides is 1. The molecule has 23 heavy (non-hydrogen) atoms. The first-order valence-corrected chi connectivity index (χ1v) is 9.30. The summed E-state index contributed by atoms with van der Waals surface area (Å²) in [7, 11) is 0. The Hall–Kier alpha value is -1.45. The first-order valence-electron chi connectivity index (χ1n) is 7.88. The number of benzene rings is 2. The van der Waals surface area contributed by atoms with E-state index in [1.807, 2.05) is 66.1 Å². The molecule has 0 spiro atoms. The van der Waals surface area contributed by atoms with Crippen molar-refractivity contribution in [2.24, 2.45) is 0 Å². The molecular weight excluding hydrogens is 326 g/mol. The number of aryl methyl sites for hydroxylation is 1. The maximum absolute atomic E-state index is 12.8. The van der Waals surface area contributed by atoms with E-state index in [4.69, 9.17) is 11.6 Å². The van der Waals surface area contributed by atoms with E-state index in [1.165, 1.54) is 5.56 Å². The summed E-state index contributed by atoms with van der Waals surface area (Å²) < 4.78 is 0. The molecule has 2 nitrogen and oxygen atoms in total. The van der Waals surface area contributed by atoms with Gasteiger partial charge in [-0.05, 0) is 36.6 Å². The third-order valence-corrected chi connectivity index (χ3v) is 5.91. The fourth-order valence-corrected chi connectivity index (χ4v) is 4.54. The summed E-state index contributed by atoms with van der Waals surface area (Å²) in [5.41, 5.74) is 3.04. The van der Waals surface area contributed by atoms with Crippen molar-refractivity contribution < 1.29 is 4.79 Å². The van der Waals surface area contributed by atoms with Crippen molar-refractivity contribution in [3.05, 3.63) is 70.2 Å². The summed E-state index contributed by atoms with van der Waals surface area (Å²) in [6, 6.07) is 15.8. The minimum Gasteiger partial charge on any atom is -0.338 e. The SMILES string of the molecule is Cc1ccccc1C(=O)N1CCSC(c2ccccc2Cl)CC1. The first-order chi connectivity index (χ1) is 11.2. The molecule has 1 fully saturated rings. The van der Waals surface area contributed by atoms with Crippen molar-refractivity contribution in [3.63, 3.8) is 0 Å². The number of carbonyl (C=O) groups excluding carboxylic acids is 1. The largest absolute Gasteiger partial charge is 0.338 e. The van der Waals surface area contributed by atoms with E-state index in [0.717, 1.165) is 41.4 Å². The Morgan fingerprint density at radius 3 is 2.65 bits per heavy atom. The Balaban J connectivity index is 1.73. The quantitative estimate of drug-likeness (QED) is 0.766. The van der Waals surface area contributed by atoms with Crippen LogP contribution >= 0.6 is 23.4 Å². The Labute approximate surface area is 146 Å². The summed E-state index contributed by atoms with van der Waals surface area (Å²) in [4.78, 5) is 14.8. The molecule has 1 aliphatic heterocycles. The van der Waals surface area contributed by atoms with Crippen LogP contribution in [0.15, 0.2) is 48.5 Å². The molecule has 2 aromatic rings. The van der Waals surface area contributed by atoms with Crippen LogP contribution in [-0.4, -0.2) is 29.6 Å². The number of hydrogen-bond acceptors (Lipinski definition) is 2. The molecule has 0 radical (unpaired) electrons. The number of hydrogen-bond donors (Lipinski definition) is 0. The molecule has 0 aromatic heterocycles. The predicted octanol–water partition coefficient (Wildman–Crippen LogP) is 4.97. The molecule has 0 saturated carbocycles. The second kappa shape index (κ2) is 7.41. The van der Waals surface area contributed by atoms with Gasteiger partial charge in [0.25, 0.3) is 5.91 Å². The second-order valence-corrected chi connectivity index (χ2v) is 7.49. The Bertz CT molecular complexity index is 703. The van der Waals surface area contributed by atoms with Gasteiger partial charge in [-0.25, -0.2) is 0 Å². The van der Waals surface area contributed by atoms with E-state index in [9.17, 15) is 4.79 Å². The van der Waals surface area contributed by atoms with E-state index >= 15 is 0 Å². The summed E-state index contributed by atoms with van der Waals surface area (Å²) >= 11 is 8.23. The molecule has 1 aliphatic rings. The van der Waals surface area contributed by atoms with E-state index in [0.29, 0.717) is 5.25 Å². The van der Waals surface area contributed by atoms with E-state index < -0.39 is 0 Å². The van der Waals surface area contributed by atoms with Gasteiger partial charge in [-0.2, -0.15) is 11.8 Å². The molecular formula is C19H20ClNOS. The minimum absolute atomic E-state index is 0.142. The molecule has 1 saturated heterocycles. The van der Waals surface area contributed by atoms with Gasteiger partial charge in [0.1, 0.15) is 0 Å². The van der Waals surface area contributed by atoms with Gasteiger partial charge in [-0.15, -0.1) is 0 Å². The van der Waals surface area contributed by atoms with Crippen molar-refractivity contribution in [3.8, 4) is 0 Å². The van der Waals surface area contributed by atoms with Crippen LogP contribution in [0.4, 0.5) is 0 Å². The van der Waals surface area contributed by atoms with Crippen LogP contribution in [0.1, 0.15) is 33.2 Å². The van der Waals surface area contributed by atoms with Crippen molar-refractivity contribution >= 4 is 29.3 Å². The lowest BCUT2D eigenvalue weighted by molar-refractivity contribution is 0.0766. The lowest BCUT2D eigenvalue weighted by Crippen LogP contribution is -2.33. The van der Waals surface area contributed by atoms with Crippen molar-refractivity contribution in [2.45, 2.75) is 18.6 Å². The summed E-state index contributed by atoms with van der Waals surface area (Å²) in [6.07, 6.45) is 0.937. The molecule has 120 valence electrons. The van der Waals surface area contributed by atoms with Crippen molar-refractivity contribution in [1.29, 1.82) is 0 Å². The Kier molecular flexibility index (Phi) is 5.29. The highest BCUT2D eigenvalue weighted by molar-refractivity contribution is 7.99. The zero-order chi connectivity index (χ0) is 16.2. The topological polar surface area (TPSA) is 20.3 Å². The summed E-state index contributed by atoms with van der Waals surface area (Å²) in [5, 5.41) is 1.18. The Morgan fingerprint density at radius 1 is 1.13 bits per heavy atom.